The predicted octanol–water partition coefficient (Wildman–Crippen LogP) is 0.864. The van der Waals surface area contributed by atoms with Crippen LogP contribution in [-0.4, -0.2) is 68.6 Å². The lowest BCUT2D eigenvalue weighted by Crippen LogP contribution is -2.31. The highest BCUT2D eigenvalue weighted by atomic mass is 16.5. The lowest BCUT2D eigenvalue weighted by atomic mass is 10.3. The van der Waals surface area contributed by atoms with E-state index in [0.29, 0.717) is 19.2 Å². The molecule has 0 amide bonds. The van der Waals surface area contributed by atoms with Crippen LogP contribution in [0.5, 0.6) is 0 Å². The van der Waals surface area contributed by atoms with Gasteiger partial charge in [0, 0.05) is 19.1 Å². The van der Waals surface area contributed by atoms with Gasteiger partial charge in [0.15, 0.2) is 0 Å². The van der Waals surface area contributed by atoms with Crippen LogP contribution < -0.4 is 0 Å². The molecule has 0 aromatic rings. The second kappa shape index (κ2) is 8.67. The van der Waals surface area contributed by atoms with E-state index in [2.05, 4.69) is 25.8 Å². The molecule has 0 rings (SSSR count). The van der Waals surface area contributed by atoms with Crippen molar-refractivity contribution < 1.29 is 9.53 Å². The minimum Gasteiger partial charge on any atom is -0.379 e. The van der Waals surface area contributed by atoms with Crippen molar-refractivity contribution in [1.82, 2.24) is 9.80 Å². The van der Waals surface area contributed by atoms with Crippen LogP contribution in [0.15, 0.2) is 0 Å². The second-order valence-electron chi connectivity index (χ2n) is 4.63. The van der Waals surface area contributed by atoms with E-state index in [1.54, 1.807) is 6.92 Å². The van der Waals surface area contributed by atoms with Gasteiger partial charge in [-0.25, -0.2) is 0 Å². The third kappa shape index (κ3) is 8.83. The Balaban J connectivity index is 3.36. The van der Waals surface area contributed by atoms with E-state index >= 15 is 0 Å². The Labute approximate surface area is 99.5 Å². The minimum absolute atomic E-state index is 0.196. The van der Waals surface area contributed by atoms with Gasteiger partial charge in [-0.1, -0.05) is 0 Å². The van der Waals surface area contributed by atoms with Crippen LogP contribution in [0.2, 0.25) is 0 Å². The van der Waals surface area contributed by atoms with Crippen LogP contribution in [0.1, 0.15) is 20.8 Å². The van der Waals surface area contributed by atoms with Crippen LogP contribution >= 0.6 is 0 Å². The molecule has 0 N–H and O–H groups in total. The lowest BCUT2D eigenvalue weighted by molar-refractivity contribution is -0.117. The molecule has 0 spiro atoms. The fourth-order valence-electron chi connectivity index (χ4n) is 1.25. The number of hydrogen-bond donors (Lipinski definition) is 0. The normalized spacial score (nSPS) is 11.8. The summed E-state index contributed by atoms with van der Waals surface area (Å²) in [5.74, 6) is 0.196. The molecule has 0 radical (unpaired) electrons. The van der Waals surface area contributed by atoms with Gasteiger partial charge in [0.2, 0.25) is 0 Å². The van der Waals surface area contributed by atoms with Gasteiger partial charge in [0.1, 0.15) is 5.78 Å². The van der Waals surface area contributed by atoms with Gasteiger partial charge in [-0.3, -0.25) is 9.69 Å². The molecule has 96 valence electrons. The molecule has 0 aliphatic heterocycles. The summed E-state index contributed by atoms with van der Waals surface area (Å²) in [4.78, 5) is 15.0. The van der Waals surface area contributed by atoms with Crippen LogP contribution in [-0.2, 0) is 9.53 Å². The first-order valence-electron chi connectivity index (χ1n) is 5.89. The van der Waals surface area contributed by atoms with Gasteiger partial charge in [0.25, 0.3) is 0 Å². The molecule has 0 bridgehead atoms. The molecule has 0 saturated heterocycles. The Bertz CT molecular complexity index is 195. The summed E-state index contributed by atoms with van der Waals surface area (Å²) in [5, 5.41) is 0. The molecule has 4 heteroatoms. The summed E-state index contributed by atoms with van der Waals surface area (Å²) in [6, 6.07) is 0.559. The summed E-state index contributed by atoms with van der Waals surface area (Å²) in [7, 11) is 4.03. The quantitative estimate of drug-likeness (QED) is 0.550. The molecule has 4 nitrogen and oxygen atoms in total. The number of nitrogens with zero attached hydrogens (tertiary/aromatic N) is 2. The summed E-state index contributed by atoms with van der Waals surface area (Å²) in [6.45, 7) is 9.66. The van der Waals surface area contributed by atoms with Crippen molar-refractivity contribution in [2.24, 2.45) is 0 Å². The van der Waals surface area contributed by atoms with Crippen molar-refractivity contribution in [3.05, 3.63) is 0 Å². The first-order chi connectivity index (χ1) is 7.43. The van der Waals surface area contributed by atoms with E-state index in [-0.39, 0.29) is 5.78 Å². The van der Waals surface area contributed by atoms with Gasteiger partial charge in [-0.05, 0) is 34.9 Å². The maximum absolute atomic E-state index is 10.8. The van der Waals surface area contributed by atoms with Gasteiger partial charge in [0.05, 0.1) is 19.8 Å². The molecule has 0 atom stereocenters. The number of carbonyl (C=O) groups excluding carboxylic acids is 1. The van der Waals surface area contributed by atoms with Crippen LogP contribution in [0, 0.1) is 0 Å². The van der Waals surface area contributed by atoms with E-state index in [1.165, 1.54) is 0 Å². The maximum atomic E-state index is 10.8. The van der Waals surface area contributed by atoms with Crippen molar-refractivity contribution in [1.29, 1.82) is 0 Å². The fraction of sp³-hybridized carbons (Fsp3) is 0.917. The van der Waals surface area contributed by atoms with Crippen LogP contribution in [0.4, 0.5) is 0 Å². The molecule has 0 aliphatic carbocycles. The average Bonchev–Trinajstić information content (AvgIpc) is 2.15. The van der Waals surface area contributed by atoms with E-state index in [4.69, 9.17) is 4.74 Å². The van der Waals surface area contributed by atoms with Crippen molar-refractivity contribution in [2.75, 3.05) is 46.9 Å². The maximum Gasteiger partial charge on any atom is 0.143 e. The molecule has 0 aromatic heterocycles. The first-order valence-corrected chi connectivity index (χ1v) is 5.89. The highest BCUT2D eigenvalue weighted by molar-refractivity contribution is 5.77. The standard InChI is InChI=1S/C12H26N2O2/c1-11(2)14(5)7-9-16-8-6-13(4)10-12(3)15/h11H,6-10H2,1-5H3. The number of rotatable bonds is 9. The third-order valence-corrected chi connectivity index (χ3v) is 2.58. The summed E-state index contributed by atoms with van der Waals surface area (Å²) >= 11 is 0. The average molecular weight is 230 g/mol. The van der Waals surface area contributed by atoms with Gasteiger partial charge in [-0.2, -0.15) is 0 Å². The van der Waals surface area contributed by atoms with Crippen LogP contribution in [0.3, 0.4) is 0 Å². The molecule has 0 unspecified atom stereocenters. The third-order valence-electron chi connectivity index (χ3n) is 2.58. The summed E-state index contributed by atoms with van der Waals surface area (Å²) in [6.07, 6.45) is 0. The second-order valence-corrected chi connectivity index (χ2v) is 4.63. The molecule has 0 aromatic carbocycles. The van der Waals surface area contributed by atoms with Crippen molar-refractivity contribution >= 4 is 5.78 Å². The highest BCUT2D eigenvalue weighted by Gasteiger charge is 2.03. The molecular weight excluding hydrogens is 204 g/mol. The zero-order valence-electron chi connectivity index (χ0n) is 11.3. The zero-order chi connectivity index (χ0) is 12.6. The number of hydrogen-bond acceptors (Lipinski definition) is 4. The molecule has 0 saturated carbocycles. The smallest absolute Gasteiger partial charge is 0.143 e. The largest absolute Gasteiger partial charge is 0.379 e. The van der Waals surface area contributed by atoms with E-state index < -0.39 is 0 Å². The van der Waals surface area contributed by atoms with Crippen molar-refractivity contribution in [3.63, 3.8) is 0 Å². The fourth-order valence-corrected chi connectivity index (χ4v) is 1.25. The van der Waals surface area contributed by atoms with Gasteiger partial charge < -0.3 is 9.64 Å². The Kier molecular flexibility index (Phi) is 8.43. The number of ketones is 1. The predicted molar refractivity (Wildman–Crippen MR) is 66.8 cm³/mol. The van der Waals surface area contributed by atoms with Gasteiger partial charge >= 0.3 is 0 Å². The molecule has 16 heavy (non-hydrogen) atoms. The Hall–Kier alpha value is -0.450. The number of likely N-dealkylation sites (N-methyl/N-ethyl adjacent to an activating group) is 2. The topological polar surface area (TPSA) is 32.8 Å². The molecule has 0 heterocycles. The Morgan fingerprint density at radius 3 is 2.25 bits per heavy atom. The zero-order valence-corrected chi connectivity index (χ0v) is 11.3. The van der Waals surface area contributed by atoms with Crippen LogP contribution in [0.25, 0.3) is 0 Å². The Morgan fingerprint density at radius 2 is 1.75 bits per heavy atom. The first kappa shape index (κ1) is 15.6. The Morgan fingerprint density at radius 1 is 1.19 bits per heavy atom. The molecular formula is C12H26N2O2. The van der Waals surface area contributed by atoms with Crippen molar-refractivity contribution in [2.45, 2.75) is 26.8 Å². The van der Waals surface area contributed by atoms with Gasteiger partial charge in [-0.15, -0.1) is 0 Å². The monoisotopic (exact) mass is 230 g/mol. The molecule has 0 fully saturated rings. The van der Waals surface area contributed by atoms with E-state index in [0.717, 1.165) is 19.7 Å². The molecule has 0 aliphatic rings. The summed E-state index contributed by atoms with van der Waals surface area (Å²) in [5.41, 5.74) is 0. The number of ether oxygens (including phenoxy) is 1. The van der Waals surface area contributed by atoms with Crippen molar-refractivity contribution in [3.8, 4) is 0 Å². The lowest BCUT2D eigenvalue weighted by Gasteiger charge is -2.21. The minimum atomic E-state index is 0.196. The highest BCUT2D eigenvalue weighted by Crippen LogP contribution is 1.92. The number of Topliss-reactive ketones (excluding diaryl/α,β-unsaturated/α-hetero) is 1. The van der Waals surface area contributed by atoms with E-state index in [9.17, 15) is 4.79 Å². The van der Waals surface area contributed by atoms with E-state index in [1.807, 2.05) is 11.9 Å². The SMILES string of the molecule is CC(=O)CN(C)CCOCCN(C)C(C)C. The summed E-state index contributed by atoms with van der Waals surface area (Å²) < 4.78 is 5.51. The number of carbonyl (C=O) groups is 1.